The van der Waals surface area contributed by atoms with Crippen LogP contribution in [0.3, 0.4) is 0 Å². The number of fused-ring (bicyclic) bond motifs is 1. The highest BCUT2D eigenvalue weighted by atomic mass is 32.2. The van der Waals surface area contributed by atoms with E-state index in [0.29, 0.717) is 22.8 Å². The highest BCUT2D eigenvalue weighted by Crippen LogP contribution is 2.29. The van der Waals surface area contributed by atoms with Crippen LogP contribution >= 0.6 is 23.1 Å². The zero-order valence-corrected chi connectivity index (χ0v) is 15.0. The molecule has 3 rings (SSSR count). The molecule has 1 N–H and O–H groups in total. The number of nitro groups is 1. The average Bonchev–Trinajstić information content (AvgIpc) is 2.97. The molecule has 1 heterocycles. The van der Waals surface area contributed by atoms with Gasteiger partial charge in [-0.1, -0.05) is 29.0 Å². The van der Waals surface area contributed by atoms with Crippen LogP contribution in [0.15, 0.2) is 47.4 Å². The summed E-state index contributed by atoms with van der Waals surface area (Å²) < 4.78 is 0.801. The predicted octanol–water partition coefficient (Wildman–Crippen LogP) is 4.63. The molecule has 128 valence electrons. The Balaban J connectivity index is 1.56. The average molecular weight is 373 g/mol. The Morgan fingerprint density at radius 1 is 1.28 bits per heavy atom. The Hall–Kier alpha value is -2.45. The number of amides is 1. The van der Waals surface area contributed by atoms with E-state index < -0.39 is 4.92 Å². The lowest BCUT2D eigenvalue weighted by molar-refractivity contribution is -0.384. The fraction of sp³-hybridized carbons (Fsp3) is 0.176. The van der Waals surface area contributed by atoms with E-state index >= 15 is 0 Å². The molecule has 0 saturated heterocycles. The van der Waals surface area contributed by atoms with E-state index in [0.717, 1.165) is 9.60 Å². The largest absolute Gasteiger partial charge is 0.302 e. The first kappa shape index (κ1) is 17.4. The molecule has 0 aliphatic carbocycles. The van der Waals surface area contributed by atoms with Crippen molar-refractivity contribution in [2.24, 2.45) is 0 Å². The summed E-state index contributed by atoms with van der Waals surface area (Å²) in [6.07, 6.45) is 0.370. The van der Waals surface area contributed by atoms with E-state index in [2.05, 4.69) is 10.3 Å². The topological polar surface area (TPSA) is 85.1 Å². The summed E-state index contributed by atoms with van der Waals surface area (Å²) in [5, 5.41) is 14.0. The first-order chi connectivity index (χ1) is 12.0. The summed E-state index contributed by atoms with van der Waals surface area (Å²) in [6.45, 7) is 2.04. The third-order valence-corrected chi connectivity index (χ3v) is 5.41. The second kappa shape index (κ2) is 7.62. The lowest BCUT2D eigenvalue weighted by Crippen LogP contribution is -2.11. The molecule has 25 heavy (non-hydrogen) atoms. The first-order valence-corrected chi connectivity index (χ1v) is 9.36. The highest BCUT2D eigenvalue weighted by molar-refractivity contribution is 7.99. The Bertz CT molecular complexity index is 923. The van der Waals surface area contributed by atoms with Gasteiger partial charge >= 0.3 is 0 Å². The van der Waals surface area contributed by atoms with Gasteiger partial charge in [0.2, 0.25) is 5.91 Å². The number of hydrogen-bond acceptors (Lipinski definition) is 6. The van der Waals surface area contributed by atoms with Crippen LogP contribution in [0.1, 0.15) is 12.0 Å². The first-order valence-electron chi connectivity index (χ1n) is 7.55. The summed E-state index contributed by atoms with van der Waals surface area (Å²) in [4.78, 5) is 27.8. The molecule has 0 radical (unpaired) electrons. The minimum Gasteiger partial charge on any atom is -0.302 e. The molecular formula is C17H15N3O3S2. The van der Waals surface area contributed by atoms with Crippen LogP contribution in [-0.4, -0.2) is 21.6 Å². The number of carbonyl (C=O) groups excluding carboxylic acids is 1. The lowest BCUT2D eigenvalue weighted by Gasteiger charge is -2.02. The summed E-state index contributed by atoms with van der Waals surface area (Å²) in [6, 6.07) is 12.7. The zero-order chi connectivity index (χ0) is 17.8. The summed E-state index contributed by atoms with van der Waals surface area (Å²) in [7, 11) is 0. The Kier molecular flexibility index (Phi) is 5.30. The minimum absolute atomic E-state index is 0.00910. The number of non-ortho nitro benzene ring substituents is 1. The molecule has 0 saturated carbocycles. The minimum atomic E-state index is -0.459. The molecule has 0 aliphatic heterocycles. The van der Waals surface area contributed by atoms with E-state index in [9.17, 15) is 14.9 Å². The molecule has 1 amide bonds. The molecule has 0 unspecified atom stereocenters. The molecule has 1 aromatic heterocycles. The van der Waals surface area contributed by atoms with Gasteiger partial charge in [-0.15, -0.1) is 11.8 Å². The standard InChI is InChI=1S/C17H15N3O3S2/c1-11-2-5-13(6-3-11)24-9-8-16(21)19-17-18-14-10-12(20(22)23)4-7-15(14)25-17/h2-7,10H,8-9H2,1H3,(H,18,19,21). The van der Waals surface area contributed by atoms with E-state index in [1.54, 1.807) is 17.8 Å². The van der Waals surface area contributed by atoms with Gasteiger partial charge in [-0.25, -0.2) is 4.98 Å². The molecule has 3 aromatic rings. The van der Waals surface area contributed by atoms with E-state index in [1.165, 1.54) is 29.0 Å². The van der Waals surface area contributed by atoms with Crippen molar-refractivity contribution >= 4 is 50.0 Å². The maximum Gasteiger partial charge on any atom is 0.271 e. The second-order valence-corrected chi connectivity index (χ2v) is 7.59. The maximum absolute atomic E-state index is 12.0. The van der Waals surface area contributed by atoms with Crippen molar-refractivity contribution in [2.45, 2.75) is 18.2 Å². The number of thiazole rings is 1. The summed E-state index contributed by atoms with van der Waals surface area (Å²) in [5.41, 5.74) is 1.71. The lowest BCUT2D eigenvalue weighted by atomic mass is 10.2. The smallest absolute Gasteiger partial charge is 0.271 e. The monoisotopic (exact) mass is 373 g/mol. The van der Waals surface area contributed by atoms with Crippen LogP contribution in [0.2, 0.25) is 0 Å². The van der Waals surface area contributed by atoms with Gasteiger partial charge in [0.05, 0.1) is 15.1 Å². The fourth-order valence-electron chi connectivity index (χ4n) is 2.16. The fourth-order valence-corrected chi connectivity index (χ4v) is 3.87. The van der Waals surface area contributed by atoms with Crippen molar-refractivity contribution in [3.8, 4) is 0 Å². The number of nitrogens with zero attached hydrogens (tertiary/aromatic N) is 2. The molecule has 0 aliphatic rings. The molecule has 6 nitrogen and oxygen atoms in total. The molecule has 0 bridgehead atoms. The third-order valence-electron chi connectivity index (χ3n) is 3.45. The van der Waals surface area contributed by atoms with Gasteiger partial charge in [0, 0.05) is 29.2 Å². The van der Waals surface area contributed by atoms with Crippen LogP contribution in [0, 0.1) is 17.0 Å². The quantitative estimate of drug-likeness (QED) is 0.387. The van der Waals surface area contributed by atoms with Gasteiger partial charge in [0.25, 0.3) is 5.69 Å². The highest BCUT2D eigenvalue weighted by Gasteiger charge is 2.12. The number of carbonyl (C=O) groups is 1. The van der Waals surface area contributed by atoms with Gasteiger partial charge in [-0.2, -0.15) is 0 Å². The molecule has 2 aromatic carbocycles. The number of aryl methyl sites for hydroxylation is 1. The van der Waals surface area contributed by atoms with Crippen molar-refractivity contribution < 1.29 is 9.72 Å². The van der Waals surface area contributed by atoms with Gasteiger partial charge in [-0.3, -0.25) is 14.9 Å². The predicted molar refractivity (Wildman–Crippen MR) is 101 cm³/mol. The van der Waals surface area contributed by atoms with Crippen LogP contribution in [0.25, 0.3) is 10.2 Å². The van der Waals surface area contributed by atoms with E-state index in [1.807, 2.05) is 31.2 Å². The van der Waals surface area contributed by atoms with Gasteiger partial charge in [-0.05, 0) is 25.1 Å². The van der Waals surface area contributed by atoms with Gasteiger partial charge in [0.1, 0.15) is 0 Å². The number of hydrogen-bond donors (Lipinski definition) is 1. The van der Waals surface area contributed by atoms with Crippen molar-refractivity contribution in [3.63, 3.8) is 0 Å². The molecule has 0 atom stereocenters. The Labute approximate surface area is 152 Å². The van der Waals surface area contributed by atoms with Crippen LogP contribution in [0.5, 0.6) is 0 Å². The van der Waals surface area contributed by atoms with Crippen molar-refractivity contribution in [1.82, 2.24) is 4.98 Å². The number of anilines is 1. The molecule has 8 heteroatoms. The summed E-state index contributed by atoms with van der Waals surface area (Å²) >= 11 is 2.93. The van der Waals surface area contributed by atoms with Gasteiger partial charge in [0.15, 0.2) is 5.13 Å². The number of nitrogens with one attached hydrogen (secondary N) is 1. The number of thioether (sulfide) groups is 1. The number of rotatable bonds is 6. The second-order valence-electron chi connectivity index (χ2n) is 5.39. The van der Waals surface area contributed by atoms with E-state index in [-0.39, 0.29) is 11.6 Å². The van der Waals surface area contributed by atoms with Gasteiger partial charge < -0.3 is 5.32 Å². The Morgan fingerprint density at radius 2 is 2.04 bits per heavy atom. The molecular weight excluding hydrogens is 358 g/mol. The number of aromatic nitrogens is 1. The SMILES string of the molecule is Cc1ccc(SCCC(=O)Nc2nc3cc([N+](=O)[O-])ccc3s2)cc1. The number of nitro benzene ring substituents is 1. The molecule has 0 spiro atoms. The van der Waals surface area contributed by atoms with Crippen molar-refractivity contribution in [2.75, 3.05) is 11.1 Å². The summed E-state index contributed by atoms with van der Waals surface area (Å²) in [5.74, 6) is 0.554. The zero-order valence-electron chi connectivity index (χ0n) is 13.4. The Morgan fingerprint density at radius 3 is 2.76 bits per heavy atom. The van der Waals surface area contributed by atoms with Crippen molar-refractivity contribution in [3.05, 3.63) is 58.1 Å². The maximum atomic E-state index is 12.0. The van der Waals surface area contributed by atoms with Crippen LogP contribution in [0.4, 0.5) is 10.8 Å². The number of benzene rings is 2. The van der Waals surface area contributed by atoms with Crippen LogP contribution < -0.4 is 5.32 Å². The van der Waals surface area contributed by atoms with Crippen LogP contribution in [-0.2, 0) is 4.79 Å². The molecule has 0 fully saturated rings. The van der Waals surface area contributed by atoms with E-state index in [4.69, 9.17) is 0 Å². The normalized spacial score (nSPS) is 10.8. The third kappa shape index (κ3) is 4.55. The van der Waals surface area contributed by atoms with Crippen molar-refractivity contribution in [1.29, 1.82) is 0 Å².